The summed E-state index contributed by atoms with van der Waals surface area (Å²) < 4.78 is 14.8. The number of rotatable bonds is 14. The molecular weight excluding hydrogens is 1640 g/mol. The van der Waals surface area contributed by atoms with Crippen LogP contribution in [-0.2, 0) is 0 Å². The first-order valence-corrected chi connectivity index (χ1v) is 46.2. The zero-order valence-corrected chi connectivity index (χ0v) is 72.9. The van der Waals surface area contributed by atoms with E-state index in [0.29, 0.717) is 11.8 Å². The number of hydrogen-bond acceptors (Lipinski definition) is 8. The number of hydrogen-bond donors (Lipinski definition) is 0. The lowest BCUT2D eigenvalue weighted by Crippen LogP contribution is -1.97. The molecule has 0 amide bonds. The predicted octanol–water partition coefficient (Wildman–Crippen LogP) is 35.1. The lowest BCUT2D eigenvalue weighted by Gasteiger charge is -2.25. The van der Waals surface area contributed by atoms with Crippen LogP contribution in [-0.4, -0.2) is 19.9 Å². The monoisotopic (exact) mass is 1720 g/mol. The molecule has 0 bridgehead atoms. The third kappa shape index (κ3) is 13.6. The van der Waals surface area contributed by atoms with Gasteiger partial charge in [-0.05, 0) is 249 Å². The van der Waals surface area contributed by atoms with E-state index < -0.39 is 0 Å². The summed E-state index contributed by atoms with van der Waals surface area (Å²) >= 11 is 3.50. The zero-order chi connectivity index (χ0) is 87.1. The van der Waals surface area contributed by atoms with Crippen molar-refractivity contribution in [3.8, 4) is 155 Å². The minimum Gasteiger partial charge on any atom is -0.436 e. The van der Waals surface area contributed by atoms with E-state index in [9.17, 15) is 0 Å². The van der Waals surface area contributed by atoms with Gasteiger partial charge in [-0.15, -0.1) is 22.7 Å². The third-order valence-corrected chi connectivity index (χ3v) is 28.0. The molecule has 0 saturated heterocycles. The molecule has 26 rings (SSSR count). The summed E-state index contributed by atoms with van der Waals surface area (Å²) in [4.78, 5) is 20.0. The Kier molecular flexibility index (Phi) is 19.2. The van der Waals surface area contributed by atoms with Crippen LogP contribution in [0.2, 0.25) is 0 Å². The molecule has 0 atom stereocenters. The fraction of sp³-hybridized carbons (Fsp3) is 0. The van der Waals surface area contributed by atoms with Crippen molar-refractivity contribution in [2.75, 3.05) is 0 Å². The van der Waals surface area contributed by atoms with Gasteiger partial charge in [0.1, 0.15) is 21.0 Å². The molecule has 6 nitrogen and oxygen atoms in total. The summed E-state index contributed by atoms with van der Waals surface area (Å²) in [6, 6.07) is 166. The van der Waals surface area contributed by atoms with Gasteiger partial charge in [-0.25, -0.2) is 19.9 Å². The van der Waals surface area contributed by atoms with Gasteiger partial charge in [-0.1, -0.05) is 388 Å². The smallest absolute Gasteiger partial charge is 0.227 e. The second-order valence-electron chi connectivity index (χ2n) is 33.6. The van der Waals surface area contributed by atoms with Crippen LogP contribution in [0, 0.1) is 0 Å². The fourth-order valence-corrected chi connectivity index (χ4v) is 21.9. The maximum absolute atomic E-state index is 6.23. The number of nitrogens with zero attached hydrogens (tertiary/aromatic N) is 4. The highest BCUT2D eigenvalue weighted by Gasteiger charge is 2.30. The second kappa shape index (κ2) is 32.8. The summed E-state index contributed by atoms with van der Waals surface area (Å²) in [5.74, 6) is 1.22. The Morgan fingerprint density at radius 2 is 0.356 bits per heavy atom. The Morgan fingerprint density at radius 3 is 0.614 bits per heavy atom. The summed E-state index contributed by atoms with van der Waals surface area (Å²) in [5.41, 5.74) is 33.1. The van der Waals surface area contributed by atoms with Crippen LogP contribution in [0.25, 0.3) is 263 Å². The molecule has 8 heteroatoms. The molecule has 22 aromatic carbocycles. The number of aromatic nitrogens is 4. The number of fused-ring (bicyclic) bond motifs is 10. The molecule has 0 radical (unpaired) electrons. The van der Waals surface area contributed by atoms with E-state index in [0.717, 1.165) is 98.9 Å². The Bertz CT molecular complexity index is 8360. The largest absolute Gasteiger partial charge is 0.436 e. The number of para-hydroxylation sites is 4. The summed E-state index contributed by atoms with van der Waals surface area (Å²) in [6.07, 6.45) is 0. The van der Waals surface area contributed by atoms with Crippen molar-refractivity contribution in [2.24, 2.45) is 0 Å². The van der Waals surface area contributed by atoms with Crippen LogP contribution in [0.1, 0.15) is 0 Å². The molecule has 0 N–H and O–H groups in total. The summed E-state index contributed by atoms with van der Waals surface area (Å²) in [6.45, 7) is 0. The molecule has 616 valence electrons. The summed E-state index contributed by atoms with van der Waals surface area (Å²) in [5, 5.41) is 16.5. The molecule has 0 spiro atoms. The van der Waals surface area contributed by atoms with Crippen molar-refractivity contribution in [1.29, 1.82) is 0 Å². The van der Waals surface area contributed by atoms with Gasteiger partial charge in [0.05, 0.1) is 20.4 Å². The molecule has 26 aromatic rings. The number of thiazole rings is 2. The van der Waals surface area contributed by atoms with E-state index in [4.69, 9.17) is 28.8 Å². The minimum absolute atomic E-state index is 0.608. The quantitative estimate of drug-likeness (QED) is 0.101. The first-order valence-electron chi connectivity index (χ1n) is 44.6. The molecule has 4 aromatic heterocycles. The Labute approximate surface area is 769 Å². The first kappa shape index (κ1) is 77.5. The molecule has 132 heavy (non-hydrogen) atoms. The second-order valence-corrected chi connectivity index (χ2v) is 35.6. The van der Waals surface area contributed by atoms with Crippen LogP contribution in [0.4, 0.5) is 0 Å². The van der Waals surface area contributed by atoms with Crippen molar-refractivity contribution in [3.63, 3.8) is 0 Å². The van der Waals surface area contributed by atoms with Crippen LogP contribution in [0.15, 0.2) is 470 Å². The number of oxazole rings is 2. The highest BCUT2D eigenvalue weighted by atomic mass is 32.1. The van der Waals surface area contributed by atoms with Crippen molar-refractivity contribution >= 4 is 130 Å². The predicted molar refractivity (Wildman–Crippen MR) is 556 cm³/mol. The molecule has 0 saturated carbocycles. The molecule has 0 aliphatic carbocycles. The number of benzene rings is 22. The lowest BCUT2D eigenvalue weighted by atomic mass is 9.77. The molecule has 0 fully saturated rings. The highest BCUT2D eigenvalue weighted by Crippen LogP contribution is 2.57. The van der Waals surface area contributed by atoms with Crippen molar-refractivity contribution in [2.45, 2.75) is 0 Å². The SMILES string of the molecule is c1ccc(-c2c3ccccc3c(-c3ccccc3)c3c(-c4ccc(-c5nc6ccccc6o5)cc4)c4ccccc4c(-c4ccc(-c5nc6ccccc6o5)cc4)c23)cc1.c1ccc(-c2ccc3nc(-c4ccc(-c5c6ccccc6c(-c6ccc(-c7nc8ccc(-c9ccccc9)cc8s7)cc6)c6c(-c7ccccc7)c7ccccc7c(-c7ccccc7)c56)cc4)sc3c2)cc1. The van der Waals surface area contributed by atoms with Crippen LogP contribution in [0.5, 0.6) is 0 Å². The van der Waals surface area contributed by atoms with E-state index in [-0.39, 0.29) is 0 Å². The average Bonchev–Trinajstić information content (AvgIpc) is 1.26. The highest BCUT2D eigenvalue weighted by molar-refractivity contribution is 7.22. The topological polar surface area (TPSA) is 77.8 Å². The molecule has 0 aliphatic rings. The molecule has 4 heterocycles. The lowest BCUT2D eigenvalue weighted by molar-refractivity contribution is 0.619. The van der Waals surface area contributed by atoms with Crippen molar-refractivity contribution < 1.29 is 8.83 Å². The maximum Gasteiger partial charge on any atom is 0.227 e. The standard InChI is InChI=1S/C68H42N2S2.C56H34N2O2/c1-5-17-43(18-6-1)51-37-39-57-59(41-51)71-67(69-57)49-33-29-47(30-34-49)63-55-27-15-16-28-56(55)64(48-31-35-50(36-32-48)68-70-58-40-38-52(42-60(58)72-68)44-19-7-2-8-20-44)66-62(46-23-11-4-12-24-46)54-26-14-13-25-53(54)61(65(63)66)45-21-9-3-10-22-45;1-3-15-35(16-4-1)49-41-19-7-8-20-42(41)50(36-17-5-2-6-18-36)54-52(38-29-33-40(34-30-38)56-58-46-24-12-14-26-48(46)60-56)44-22-10-9-21-43(44)51(53(49)54)37-27-31-39(32-28-37)55-57-45-23-11-13-25-47(45)59-55/h1-42H;1-34H. The Morgan fingerprint density at radius 1 is 0.152 bits per heavy atom. The van der Waals surface area contributed by atoms with E-state index >= 15 is 0 Å². The van der Waals surface area contributed by atoms with Crippen LogP contribution < -0.4 is 0 Å². The van der Waals surface area contributed by atoms with Gasteiger partial charge in [-0.3, -0.25) is 0 Å². The zero-order valence-electron chi connectivity index (χ0n) is 71.3. The van der Waals surface area contributed by atoms with Gasteiger partial charge in [0.15, 0.2) is 11.2 Å². The van der Waals surface area contributed by atoms with Gasteiger partial charge >= 0.3 is 0 Å². The fourth-order valence-electron chi connectivity index (χ4n) is 19.9. The first-order chi connectivity index (χ1) is 65.5. The maximum atomic E-state index is 6.23. The Hall–Kier alpha value is -16.9. The van der Waals surface area contributed by atoms with Gasteiger partial charge in [0.25, 0.3) is 0 Å². The van der Waals surface area contributed by atoms with E-state index in [1.54, 1.807) is 22.7 Å². The van der Waals surface area contributed by atoms with E-state index in [1.165, 1.54) is 152 Å². The molecule has 0 unspecified atom stereocenters. The van der Waals surface area contributed by atoms with Gasteiger partial charge in [-0.2, -0.15) is 0 Å². The third-order valence-electron chi connectivity index (χ3n) is 25.9. The minimum atomic E-state index is 0.608. The van der Waals surface area contributed by atoms with Gasteiger partial charge in [0, 0.05) is 22.3 Å². The van der Waals surface area contributed by atoms with Gasteiger partial charge in [0.2, 0.25) is 11.8 Å². The summed E-state index contributed by atoms with van der Waals surface area (Å²) in [7, 11) is 0. The van der Waals surface area contributed by atoms with Crippen molar-refractivity contribution in [1.82, 2.24) is 19.9 Å². The van der Waals surface area contributed by atoms with E-state index in [2.05, 4.69) is 413 Å². The molecular formula is C124H76N4O2S2. The average molecular weight is 1720 g/mol. The van der Waals surface area contributed by atoms with E-state index in [1.807, 2.05) is 48.5 Å². The van der Waals surface area contributed by atoms with Crippen LogP contribution >= 0.6 is 22.7 Å². The van der Waals surface area contributed by atoms with Crippen LogP contribution in [0.3, 0.4) is 0 Å². The Balaban J connectivity index is 0.000000144. The van der Waals surface area contributed by atoms with Crippen molar-refractivity contribution in [3.05, 3.63) is 461 Å². The molecule has 0 aliphatic heterocycles. The van der Waals surface area contributed by atoms with Gasteiger partial charge < -0.3 is 8.83 Å². The normalized spacial score (nSPS) is 11.6.